The van der Waals surface area contributed by atoms with Crippen molar-refractivity contribution in [3.63, 3.8) is 0 Å². The van der Waals surface area contributed by atoms with Crippen LogP contribution in [0.25, 0.3) is 11.1 Å². The molecule has 2 heterocycles. The van der Waals surface area contributed by atoms with E-state index < -0.39 is 6.36 Å². The maximum atomic E-state index is 13.2. The van der Waals surface area contributed by atoms with Crippen molar-refractivity contribution in [1.82, 2.24) is 20.4 Å². The Balaban J connectivity index is 1.18. The molecule has 2 unspecified atom stereocenters. The number of rotatable bonds is 13. The normalized spacial score (nSPS) is 17.3. The van der Waals surface area contributed by atoms with E-state index in [1.54, 1.807) is 33.3 Å². The van der Waals surface area contributed by atoms with Crippen LogP contribution in [0.15, 0.2) is 59.1 Å². The van der Waals surface area contributed by atoms with Crippen LogP contribution >= 0.6 is 0 Å². The van der Waals surface area contributed by atoms with Crippen molar-refractivity contribution in [2.24, 2.45) is 5.92 Å². The minimum Gasteiger partial charge on any atom is -0.497 e. The quantitative estimate of drug-likeness (QED) is 0.183. The van der Waals surface area contributed by atoms with Crippen LogP contribution in [0.4, 0.5) is 13.2 Å². The fourth-order valence-electron chi connectivity index (χ4n) is 6.42. The van der Waals surface area contributed by atoms with E-state index in [4.69, 9.17) is 14.0 Å². The van der Waals surface area contributed by atoms with Gasteiger partial charge in [0.2, 0.25) is 11.8 Å². The minimum absolute atomic E-state index is 0.0698. The van der Waals surface area contributed by atoms with E-state index in [9.17, 15) is 22.8 Å². The number of aromatic nitrogens is 2. The number of halogens is 3. The molecular weight excluding hydrogens is 641 g/mol. The number of nitrogens with zero attached hydrogens (tertiary/aromatic N) is 3. The Morgan fingerprint density at radius 3 is 2.57 bits per heavy atom. The van der Waals surface area contributed by atoms with E-state index in [2.05, 4.69) is 25.1 Å². The Morgan fingerprint density at radius 1 is 1.02 bits per heavy atom. The molecule has 0 saturated heterocycles. The Labute approximate surface area is 281 Å². The lowest BCUT2D eigenvalue weighted by atomic mass is 9.87. The van der Waals surface area contributed by atoms with Crippen LogP contribution < -0.4 is 19.5 Å². The van der Waals surface area contributed by atoms with Crippen molar-refractivity contribution in [2.45, 2.75) is 58.0 Å². The zero-order valence-electron chi connectivity index (χ0n) is 27.4. The summed E-state index contributed by atoms with van der Waals surface area (Å²) in [4.78, 5) is 32.6. The van der Waals surface area contributed by atoms with Gasteiger partial charge >= 0.3 is 6.36 Å². The number of methoxy groups -OCH3 is 2. The highest BCUT2D eigenvalue weighted by atomic mass is 19.4. The molecule has 1 N–H and O–H groups in total. The van der Waals surface area contributed by atoms with E-state index >= 15 is 0 Å². The van der Waals surface area contributed by atoms with E-state index in [1.807, 2.05) is 24.3 Å². The maximum Gasteiger partial charge on any atom is 0.573 e. The number of carbonyl (C=O) groups is 2. The molecule has 49 heavy (non-hydrogen) atoms. The Hall–Kier alpha value is -4.91. The average molecular weight is 679 g/mol. The number of ether oxygens (including phenoxy) is 3. The molecule has 1 aliphatic heterocycles. The van der Waals surface area contributed by atoms with Crippen molar-refractivity contribution in [3.8, 4) is 28.4 Å². The highest BCUT2D eigenvalue weighted by molar-refractivity contribution is 5.83. The smallest absolute Gasteiger partial charge is 0.497 e. The highest BCUT2D eigenvalue weighted by Crippen LogP contribution is 2.47. The number of carbonyl (C=O) groups excluding carboxylic acids is 2. The number of fused-ring (bicyclic) bond motifs is 1. The molecule has 2 aliphatic rings. The second-order valence-electron chi connectivity index (χ2n) is 12.3. The third-order valence-electron chi connectivity index (χ3n) is 8.97. The van der Waals surface area contributed by atoms with Crippen molar-refractivity contribution < 1.29 is 41.5 Å². The van der Waals surface area contributed by atoms with Crippen LogP contribution in [0.1, 0.15) is 52.7 Å². The van der Waals surface area contributed by atoms with Gasteiger partial charge in [-0.1, -0.05) is 35.5 Å². The molecule has 258 valence electrons. The van der Waals surface area contributed by atoms with Crippen LogP contribution in [0, 0.1) is 12.8 Å². The molecule has 1 aromatic heterocycles. The lowest BCUT2D eigenvalue weighted by Crippen LogP contribution is -2.36. The topological polar surface area (TPSA) is 116 Å². The SMILES string of the molecule is COc1ccc(CCC(=O)CN2CCc3c(-c4cccc(OC(F)(F)F)c4)ccc(CNC(=O)C4CC4c4nc(C)no4)c3C2)c(OC)c1. The summed E-state index contributed by atoms with van der Waals surface area (Å²) in [6, 6.07) is 15.2. The molecule has 6 rings (SSSR count). The number of ketones is 1. The number of nitrogens with one attached hydrogen (secondary N) is 1. The Bertz CT molecular complexity index is 1840. The molecule has 10 nitrogen and oxygen atoms in total. The van der Waals surface area contributed by atoms with Crippen LogP contribution in [0.3, 0.4) is 0 Å². The van der Waals surface area contributed by atoms with E-state index in [-0.39, 0.29) is 42.4 Å². The summed E-state index contributed by atoms with van der Waals surface area (Å²) in [5, 5.41) is 6.86. The van der Waals surface area contributed by atoms with Crippen molar-refractivity contribution in [3.05, 3.63) is 88.6 Å². The van der Waals surface area contributed by atoms with E-state index in [0.29, 0.717) is 67.6 Å². The second kappa shape index (κ2) is 14.3. The molecule has 1 aliphatic carbocycles. The third-order valence-corrected chi connectivity index (χ3v) is 8.97. The molecule has 1 saturated carbocycles. The summed E-state index contributed by atoms with van der Waals surface area (Å²) in [6.07, 6.45) is -2.78. The number of amides is 1. The van der Waals surface area contributed by atoms with Gasteiger partial charge in [0.15, 0.2) is 5.82 Å². The summed E-state index contributed by atoms with van der Waals surface area (Å²) in [5.74, 6) is 1.59. The lowest BCUT2D eigenvalue weighted by molar-refractivity contribution is -0.274. The number of alkyl halides is 3. The zero-order chi connectivity index (χ0) is 34.7. The van der Waals surface area contributed by atoms with Gasteiger partial charge in [-0.15, -0.1) is 13.2 Å². The second-order valence-corrected chi connectivity index (χ2v) is 12.3. The van der Waals surface area contributed by atoms with Gasteiger partial charge < -0.3 is 24.1 Å². The third kappa shape index (κ3) is 8.22. The first-order chi connectivity index (χ1) is 23.5. The predicted molar refractivity (Wildman–Crippen MR) is 172 cm³/mol. The van der Waals surface area contributed by atoms with Crippen LogP contribution in [-0.4, -0.2) is 60.4 Å². The number of benzene rings is 3. The van der Waals surface area contributed by atoms with Crippen LogP contribution in [-0.2, 0) is 35.5 Å². The van der Waals surface area contributed by atoms with Gasteiger partial charge in [0.05, 0.1) is 32.6 Å². The number of aryl methyl sites for hydroxylation is 2. The van der Waals surface area contributed by atoms with Gasteiger partial charge in [0, 0.05) is 32.1 Å². The molecule has 0 spiro atoms. The summed E-state index contributed by atoms with van der Waals surface area (Å²) < 4.78 is 59.2. The fourth-order valence-corrected chi connectivity index (χ4v) is 6.42. The van der Waals surface area contributed by atoms with Gasteiger partial charge in [-0.2, -0.15) is 4.98 Å². The zero-order valence-corrected chi connectivity index (χ0v) is 27.4. The van der Waals surface area contributed by atoms with Crippen molar-refractivity contribution in [2.75, 3.05) is 27.3 Å². The largest absolute Gasteiger partial charge is 0.573 e. The molecule has 3 aromatic carbocycles. The minimum atomic E-state index is -4.81. The van der Waals surface area contributed by atoms with Gasteiger partial charge in [0.25, 0.3) is 0 Å². The van der Waals surface area contributed by atoms with Crippen molar-refractivity contribution >= 4 is 11.7 Å². The summed E-state index contributed by atoms with van der Waals surface area (Å²) >= 11 is 0. The lowest BCUT2D eigenvalue weighted by Gasteiger charge is -2.31. The van der Waals surface area contributed by atoms with Crippen LogP contribution in [0.5, 0.6) is 17.2 Å². The van der Waals surface area contributed by atoms with E-state index in [1.165, 1.54) is 18.2 Å². The average Bonchev–Trinajstić information content (AvgIpc) is 3.77. The first-order valence-corrected chi connectivity index (χ1v) is 16.0. The number of hydrogen-bond donors (Lipinski definition) is 1. The molecule has 2 atom stereocenters. The molecular formula is C36H37F3N4O6. The van der Waals surface area contributed by atoms with E-state index in [0.717, 1.165) is 27.8 Å². The summed E-state index contributed by atoms with van der Waals surface area (Å²) in [6.45, 7) is 3.24. The van der Waals surface area contributed by atoms with Crippen LogP contribution in [0.2, 0.25) is 0 Å². The summed E-state index contributed by atoms with van der Waals surface area (Å²) in [7, 11) is 3.16. The number of Topliss-reactive ketones (excluding diaryl/α,β-unsaturated/α-hetero) is 1. The van der Waals surface area contributed by atoms with Gasteiger partial charge in [-0.25, -0.2) is 0 Å². The number of hydrogen-bond acceptors (Lipinski definition) is 9. The molecule has 0 bridgehead atoms. The molecule has 0 radical (unpaired) electrons. The fraction of sp³-hybridized carbons (Fsp3) is 0.389. The van der Waals surface area contributed by atoms with Gasteiger partial charge in [-0.05, 0) is 77.8 Å². The Kier molecular flexibility index (Phi) is 9.91. The Morgan fingerprint density at radius 2 is 1.84 bits per heavy atom. The van der Waals surface area contributed by atoms with Gasteiger partial charge in [-0.3, -0.25) is 14.5 Å². The maximum absolute atomic E-state index is 13.2. The highest BCUT2D eigenvalue weighted by Gasteiger charge is 2.47. The first-order valence-electron chi connectivity index (χ1n) is 16.0. The monoisotopic (exact) mass is 678 g/mol. The molecule has 4 aromatic rings. The standard InChI is InChI=1S/C36H37F3N4O6/c1-21-41-35(49-42-21)31-17-30(31)34(45)40-18-24-9-12-28(23-5-4-6-27(15-23)48-36(37,38)39)29-13-14-43(20-32(24)29)19-25(44)10-7-22-8-11-26(46-2)16-33(22)47-3/h4-6,8-9,11-12,15-16,30-31H,7,10,13-14,17-20H2,1-3H3,(H,40,45). The van der Waals surface area contributed by atoms with Gasteiger partial charge in [0.1, 0.15) is 23.0 Å². The predicted octanol–water partition coefficient (Wildman–Crippen LogP) is 5.94. The summed E-state index contributed by atoms with van der Waals surface area (Å²) in [5.41, 5.74) is 5.06. The molecule has 1 fully saturated rings. The first kappa shape index (κ1) is 34.0. The molecule has 1 amide bonds. The van der Waals surface area contributed by atoms with Crippen molar-refractivity contribution in [1.29, 1.82) is 0 Å². The molecule has 13 heteroatoms.